The van der Waals surface area contributed by atoms with Gasteiger partial charge in [0.25, 0.3) is 5.91 Å². The highest BCUT2D eigenvalue weighted by molar-refractivity contribution is 6.31. The van der Waals surface area contributed by atoms with Gasteiger partial charge in [-0.3, -0.25) is 9.89 Å². The molecule has 1 amide bonds. The summed E-state index contributed by atoms with van der Waals surface area (Å²) >= 11 is 6.11. The van der Waals surface area contributed by atoms with E-state index in [1.54, 1.807) is 49.4 Å². The highest BCUT2D eigenvalue weighted by atomic mass is 35.5. The minimum atomic E-state index is -1.33. The Kier molecular flexibility index (Phi) is 5.06. The van der Waals surface area contributed by atoms with E-state index in [0.717, 1.165) is 0 Å². The van der Waals surface area contributed by atoms with E-state index in [-0.39, 0.29) is 18.1 Å². The minimum absolute atomic E-state index is 0.0273. The number of nitrogens with one attached hydrogen (secondary N) is 2. The minimum Gasteiger partial charge on any atom is -0.384 e. The van der Waals surface area contributed by atoms with Gasteiger partial charge < -0.3 is 10.4 Å². The second-order valence-corrected chi connectivity index (χ2v) is 6.52. The molecule has 0 aliphatic carbocycles. The smallest absolute Gasteiger partial charge is 0.269 e. The van der Waals surface area contributed by atoms with Crippen LogP contribution in [0.2, 0.25) is 5.02 Å². The first kappa shape index (κ1) is 18.1. The first-order valence-corrected chi connectivity index (χ1v) is 8.31. The van der Waals surface area contributed by atoms with Gasteiger partial charge in [-0.1, -0.05) is 29.8 Å². The summed E-state index contributed by atoms with van der Waals surface area (Å²) in [6, 6.07) is 14.3. The molecule has 0 aliphatic heterocycles. The van der Waals surface area contributed by atoms with E-state index in [1.807, 2.05) is 0 Å². The molecular weight excluding hydrogens is 357 g/mol. The number of aliphatic hydroxyl groups is 1. The average Bonchev–Trinajstić information content (AvgIpc) is 3.11. The second kappa shape index (κ2) is 7.27. The topological polar surface area (TPSA) is 78.0 Å². The third-order valence-corrected chi connectivity index (χ3v) is 4.34. The zero-order valence-electron chi connectivity index (χ0n) is 14.0. The molecule has 0 saturated carbocycles. The van der Waals surface area contributed by atoms with Crippen molar-refractivity contribution in [2.24, 2.45) is 0 Å². The highest BCUT2D eigenvalue weighted by Crippen LogP contribution is 2.27. The predicted molar refractivity (Wildman–Crippen MR) is 97.3 cm³/mol. The summed E-state index contributed by atoms with van der Waals surface area (Å²) < 4.78 is 13.0. The summed E-state index contributed by atoms with van der Waals surface area (Å²) in [6.45, 7) is 1.55. The molecule has 26 heavy (non-hydrogen) atoms. The largest absolute Gasteiger partial charge is 0.384 e. The Morgan fingerprint density at radius 3 is 2.65 bits per heavy atom. The number of aromatic amines is 1. The number of nitrogens with zero attached hydrogens (tertiary/aromatic N) is 1. The normalized spacial score (nSPS) is 13.2. The maximum absolute atomic E-state index is 13.0. The number of aromatic nitrogens is 2. The Labute approximate surface area is 154 Å². The van der Waals surface area contributed by atoms with E-state index in [0.29, 0.717) is 21.8 Å². The van der Waals surface area contributed by atoms with Crippen molar-refractivity contribution in [3.05, 3.63) is 76.7 Å². The predicted octanol–water partition coefficient (Wildman–Crippen LogP) is 3.51. The molecule has 7 heteroatoms. The van der Waals surface area contributed by atoms with Crippen LogP contribution in [0.4, 0.5) is 4.39 Å². The van der Waals surface area contributed by atoms with E-state index in [1.165, 1.54) is 12.1 Å². The standard InChI is InChI=1S/C19H17ClFN3O2/c1-19(26,14-4-2-3-5-15(14)20)11-22-18(25)17-10-16(23-24-17)12-6-8-13(21)9-7-12/h2-10,26H,11H2,1H3,(H,22,25)(H,23,24)/t19-/m0/s1. The molecule has 0 bridgehead atoms. The molecule has 0 saturated heterocycles. The third-order valence-electron chi connectivity index (χ3n) is 4.01. The first-order chi connectivity index (χ1) is 12.4. The van der Waals surface area contributed by atoms with Crippen molar-refractivity contribution in [2.45, 2.75) is 12.5 Å². The van der Waals surface area contributed by atoms with E-state index in [2.05, 4.69) is 15.5 Å². The molecule has 3 aromatic rings. The Morgan fingerprint density at radius 1 is 1.27 bits per heavy atom. The fourth-order valence-electron chi connectivity index (χ4n) is 2.55. The second-order valence-electron chi connectivity index (χ2n) is 6.11. The molecule has 134 valence electrons. The maximum atomic E-state index is 13.0. The SMILES string of the molecule is C[C@](O)(CNC(=O)c1cc(-c2ccc(F)cc2)n[nH]1)c1ccccc1Cl. The van der Waals surface area contributed by atoms with Gasteiger partial charge in [-0.25, -0.2) is 4.39 Å². The fourth-order valence-corrected chi connectivity index (χ4v) is 2.89. The molecule has 0 fully saturated rings. The first-order valence-electron chi connectivity index (χ1n) is 7.94. The van der Waals surface area contributed by atoms with Crippen LogP contribution in [-0.4, -0.2) is 27.8 Å². The molecule has 0 unspecified atom stereocenters. The van der Waals surface area contributed by atoms with E-state index in [9.17, 15) is 14.3 Å². The lowest BCUT2D eigenvalue weighted by atomic mass is 9.96. The van der Waals surface area contributed by atoms with Crippen molar-refractivity contribution >= 4 is 17.5 Å². The summed E-state index contributed by atoms with van der Waals surface area (Å²) in [6.07, 6.45) is 0. The lowest BCUT2D eigenvalue weighted by Gasteiger charge is -2.25. The molecule has 5 nitrogen and oxygen atoms in total. The molecule has 3 rings (SSSR count). The van der Waals surface area contributed by atoms with Crippen LogP contribution in [0.3, 0.4) is 0 Å². The number of benzene rings is 2. The molecule has 0 aliphatic rings. The maximum Gasteiger partial charge on any atom is 0.269 e. The molecule has 1 atom stereocenters. The Bertz CT molecular complexity index is 923. The van der Waals surface area contributed by atoms with E-state index >= 15 is 0 Å². The number of carbonyl (C=O) groups excluding carboxylic acids is 1. The number of H-pyrrole nitrogens is 1. The zero-order valence-corrected chi connectivity index (χ0v) is 14.7. The zero-order chi connectivity index (χ0) is 18.7. The van der Waals surface area contributed by atoms with Crippen LogP contribution < -0.4 is 5.32 Å². The summed E-state index contributed by atoms with van der Waals surface area (Å²) in [4.78, 5) is 12.3. The van der Waals surface area contributed by atoms with Crippen LogP contribution in [0.1, 0.15) is 23.0 Å². The number of rotatable bonds is 5. The van der Waals surface area contributed by atoms with Crippen LogP contribution in [0.25, 0.3) is 11.3 Å². The number of hydrogen-bond acceptors (Lipinski definition) is 3. The van der Waals surface area contributed by atoms with Crippen LogP contribution >= 0.6 is 11.6 Å². The van der Waals surface area contributed by atoms with Crippen LogP contribution in [0, 0.1) is 5.82 Å². The van der Waals surface area contributed by atoms with Gasteiger partial charge >= 0.3 is 0 Å². The van der Waals surface area contributed by atoms with Crippen molar-refractivity contribution in [2.75, 3.05) is 6.54 Å². The van der Waals surface area contributed by atoms with Gasteiger partial charge in [-0.05, 0) is 43.3 Å². The summed E-state index contributed by atoms with van der Waals surface area (Å²) in [5.74, 6) is -0.762. The van der Waals surface area contributed by atoms with Gasteiger partial charge in [0.05, 0.1) is 12.2 Å². The Hall–Kier alpha value is -2.70. The van der Waals surface area contributed by atoms with Crippen molar-refractivity contribution < 1.29 is 14.3 Å². The van der Waals surface area contributed by atoms with Crippen LogP contribution in [0.15, 0.2) is 54.6 Å². The van der Waals surface area contributed by atoms with Crippen molar-refractivity contribution in [3.8, 4) is 11.3 Å². The number of hydrogen-bond donors (Lipinski definition) is 3. The number of carbonyl (C=O) groups is 1. The van der Waals surface area contributed by atoms with Crippen molar-refractivity contribution in [3.63, 3.8) is 0 Å². The van der Waals surface area contributed by atoms with Crippen LogP contribution in [-0.2, 0) is 5.60 Å². The van der Waals surface area contributed by atoms with Crippen molar-refractivity contribution in [1.29, 1.82) is 0 Å². The van der Waals surface area contributed by atoms with E-state index < -0.39 is 11.5 Å². The van der Waals surface area contributed by atoms with Gasteiger partial charge in [0.15, 0.2) is 0 Å². The fraction of sp³-hybridized carbons (Fsp3) is 0.158. The van der Waals surface area contributed by atoms with Crippen LogP contribution in [0.5, 0.6) is 0 Å². The quantitative estimate of drug-likeness (QED) is 0.640. The number of amides is 1. The van der Waals surface area contributed by atoms with Gasteiger partial charge in [0.1, 0.15) is 17.1 Å². The summed E-state index contributed by atoms with van der Waals surface area (Å²) in [5, 5.41) is 20.4. The third kappa shape index (κ3) is 3.92. The monoisotopic (exact) mass is 373 g/mol. The molecule has 3 N–H and O–H groups in total. The summed E-state index contributed by atoms with van der Waals surface area (Å²) in [5.41, 5.74) is 0.643. The lowest BCUT2D eigenvalue weighted by molar-refractivity contribution is 0.0526. The molecule has 2 aromatic carbocycles. The van der Waals surface area contributed by atoms with Gasteiger partial charge in [0.2, 0.25) is 0 Å². The van der Waals surface area contributed by atoms with Crippen molar-refractivity contribution in [1.82, 2.24) is 15.5 Å². The molecule has 1 heterocycles. The van der Waals surface area contributed by atoms with Gasteiger partial charge in [-0.15, -0.1) is 0 Å². The molecule has 1 aromatic heterocycles. The Morgan fingerprint density at radius 2 is 1.96 bits per heavy atom. The summed E-state index contributed by atoms with van der Waals surface area (Å²) in [7, 11) is 0. The number of halogens is 2. The van der Waals surface area contributed by atoms with E-state index in [4.69, 9.17) is 11.6 Å². The Balaban J connectivity index is 1.69. The average molecular weight is 374 g/mol. The lowest BCUT2D eigenvalue weighted by Crippen LogP contribution is -2.38. The van der Waals surface area contributed by atoms with Gasteiger partial charge in [-0.2, -0.15) is 5.10 Å². The molecule has 0 spiro atoms. The van der Waals surface area contributed by atoms with Gasteiger partial charge in [0, 0.05) is 16.1 Å². The highest BCUT2D eigenvalue weighted by Gasteiger charge is 2.26. The molecule has 0 radical (unpaired) electrons. The molecular formula is C19H17ClFN3O2.